The highest BCUT2D eigenvalue weighted by Crippen LogP contribution is 2.41. The zero-order chi connectivity index (χ0) is 26.7. The van der Waals surface area contributed by atoms with Gasteiger partial charge in [0.25, 0.3) is 0 Å². The van der Waals surface area contributed by atoms with E-state index in [1.54, 1.807) is 0 Å². The number of nitrogens with one attached hydrogen (secondary N) is 2. The minimum Gasteiger partial charge on any atom is -0.358 e. The van der Waals surface area contributed by atoms with Crippen molar-refractivity contribution in [2.24, 2.45) is 0 Å². The molecule has 4 heteroatoms. The SMILES string of the molecule is Cc1c(CCNC(C)c2cn(C(c3ccccc3)(c3ccccc3)c3ccccc3)cn2)[nH]c2ccccc12. The van der Waals surface area contributed by atoms with Gasteiger partial charge >= 0.3 is 0 Å². The minimum absolute atomic E-state index is 0.107. The highest BCUT2D eigenvalue weighted by molar-refractivity contribution is 5.84. The Morgan fingerprint density at radius 2 is 1.31 bits per heavy atom. The van der Waals surface area contributed by atoms with E-state index in [1.165, 1.54) is 38.9 Å². The number of nitrogens with zero attached hydrogens (tertiary/aromatic N) is 2. The Hall–Kier alpha value is -4.41. The second kappa shape index (κ2) is 10.8. The van der Waals surface area contributed by atoms with Gasteiger partial charge in [-0.1, -0.05) is 109 Å². The molecule has 0 aliphatic heterocycles. The summed E-state index contributed by atoms with van der Waals surface area (Å²) in [6.45, 7) is 5.26. The zero-order valence-corrected chi connectivity index (χ0v) is 22.5. The second-order valence-corrected chi connectivity index (χ2v) is 10.2. The number of fused-ring (bicyclic) bond motifs is 1. The number of aromatic nitrogens is 3. The number of para-hydroxylation sites is 1. The number of rotatable bonds is 9. The zero-order valence-electron chi connectivity index (χ0n) is 22.5. The van der Waals surface area contributed by atoms with Crippen molar-refractivity contribution < 1.29 is 0 Å². The highest BCUT2D eigenvalue weighted by atomic mass is 15.1. The lowest BCUT2D eigenvalue weighted by Gasteiger charge is -2.37. The number of H-pyrrole nitrogens is 1. The van der Waals surface area contributed by atoms with Crippen molar-refractivity contribution in [2.45, 2.75) is 31.8 Å². The molecule has 0 bridgehead atoms. The first-order valence-corrected chi connectivity index (χ1v) is 13.7. The predicted octanol–water partition coefficient (Wildman–Crippen LogP) is 7.41. The molecule has 6 rings (SSSR count). The van der Waals surface area contributed by atoms with Crippen LogP contribution in [0.1, 0.15) is 46.6 Å². The van der Waals surface area contributed by atoms with Gasteiger partial charge in [-0.15, -0.1) is 0 Å². The van der Waals surface area contributed by atoms with Gasteiger partial charge in [0.1, 0.15) is 5.54 Å². The van der Waals surface area contributed by atoms with Gasteiger partial charge < -0.3 is 14.9 Å². The summed E-state index contributed by atoms with van der Waals surface area (Å²) >= 11 is 0. The van der Waals surface area contributed by atoms with Crippen molar-refractivity contribution in [1.29, 1.82) is 0 Å². The molecule has 2 aromatic heterocycles. The van der Waals surface area contributed by atoms with Crippen LogP contribution in [-0.4, -0.2) is 21.1 Å². The summed E-state index contributed by atoms with van der Waals surface area (Å²) in [6, 6.07) is 40.8. The van der Waals surface area contributed by atoms with E-state index in [9.17, 15) is 0 Å². The molecule has 2 heterocycles. The van der Waals surface area contributed by atoms with Crippen molar-refractivity contribution in [3.8, 4) is 0 Å². The highest BCUT2D eigenvalue weighted by Gasteiger charge is 2.38. The van der Waals surface area contributed by atoms with Crippen LogP contribution in [0.25, 0.3) is 10.9 Å². The Balaban J connectivity index is 1.32. The number of imidazole rings is 1. The van der Waals surface area contributed by atoms with Crippen LogP contribution in [0, 0.1) is 6.92 Å². The summed E-state index contributed by atoms with van der Waals surface area (Å²) in [6.07, 6.45) is 5.13. The van der Waals surface area contributed by atoms with Crippen LogP contribution in [-0.2, 0) is 12.0 Å². The van der Waals surface area contributed by atoms with E-state index in [1.807, 2.05) is 6.33 Å². The lowest BCUT2D eigenvalue weighted by molar-refractivity contribution is 0.511. The summed E-state index contributed by atoms with van der Waals surface area (Å²) in [4.78, 5) is 8.53. The molecule has 0 aliphatic carbocycles. The molecule has 39 heavy (non-hydrogen) atoms. The molecule has 0 aliphatic rings. The summed E-state index contributed by atoms with van der Waals surface area (Å²) in [7, 11) is 0. The van der Waals surface area contributed by atoms with Crippen molar-refractivity contribution in [3.05, 3.63) is 161 Å². The van der Waals surface area contributed by atoms with Crippen molar-refractivity contribution in [2.75, 3.05) is 6.54 Å². The van der Waals surface area contributed by atoms with Crippen molar-refractivity contribution in [1.82, 2.24) is 19.9 Å². The largest absolute Gasteiger partial charge is 0.358 e. The number of aryl methyl sites for hydroxylation is 1. The van der Waals surface area contributed by atoms with Gasteiger partial charge in [-0.2, -0.15) is 0 Å². The van der Waals surface area contributed by atoms with Gasteiger partial charge in [0.2, 0.25) is 0 Å². The van der Waals surface area contributed by atoms with Crippen LogP contribution < -0.4 is 5.32 Å². The van der Waals surface area contributed by atoms with Gasteiger partial charge in [-0.05, 0) is 42.2 Å². The molecule has 0 saturated carbocycles. The van der Waals surface area contributed by atoms with Crippen LogP contribution in [0.15, 0.2) is 128 Å². The van der Waals surface area contributed by atoms with Gasteiger partial charge in [0.15, 0.2) is 0 Å². The molecule has 0 amide bonds. The molecule has 4 aromatic carbocycles. The lowest BCUT2D eigenvalue weighted by Crippen LogP contribution is -2.37. The van der Waals surface area contributed by atoms with Gasteiger partial charge in [-0.25, -0.2) is 4.98 Å². The lowest BCUT2D eigenvalue weighted by atomic mass is 9.77. The standard InChI is InChI=1S/C35H34N4/c1-26-31-20-12-13-21-33(31)38-32(26)22-23-36-27(2)34-24-39(25-37-34)35(28-14-6-3-7-15-28,29-16-8-4-9-17-29)30-18-10-5-11-19-30/h3-21,24-25,27,36,38H,22-23H2,1-2H3. The van der Waals surface area contributed by atoms with E-state index in [4.69, 9.17) is 4.98 Å². The first-order valence-electron chi connectivity index (χ1n) is 13.7. The number of hydrogen-bond acceptors (Lipinski definition) is 2. The molecule has 0 fully saturated rings. The quantitative estimate of drug-likeness (QED) is 0.199. The number of hydrogen-bond donors (Lipinski definition) is 2. The second-order valence-electron chi connectivity index (χ2n) is 10.2. The van der Waals surface area contributed by atoms with Gasteiger partial charge in [0.05, 0.1) is 12.0 Å². The van der Waals surface area contributed by atoms with E-state index in [0.29, 0.717) is 0 Å². The third-order valence-electron chi connectivity index (χ3n) is 7.90. The fraction of sp³-hybridized carbons (Fsp3) is 0.171. The molecule has 0 radical (unpaired) electrons. The van der Waals surface area contributed by atoms with Crippen molar-refractivity contribution >= 4 is 10.9 Å². The van der Waals surface area contributed by atoms with Crippen LogP contribution >= 0.6 is 0 Å². The van der Waals surface area contributed by atoms with E-state index in [0.717, 1.165) is 18.7 Å². The Kier molecular flexibility index (Phi) is 6.87. The maximum Gasteiger partial charge on any atom is 0.121 e. The molecule has 1 atom stereocenters. The van der Waals surface area contributed by atoms with E-state index in [-0.39, 0.29) is 6.04 Å². The summed E-state index contributed by atoms with van der Waals surface area (Å²) in [5, 5.41) is 5.01. The van der Waals surface area contributed by atoms with Crippen LogP contribution in [0.2, 0.25) is 0 Å². The van der Waals surface area contributed by atoms with E-state index < -0.39 is 5.54 Å². The predicted molar refractivity (Wildman–Crippen MR) is 160 cm³/mol. The average Bonchev–Trinajstić information content (AvgIpc) is 3.61. The van der Waals surface area contributed by atoms with Crippen LogP contribution in [0.3, 0.4) is 0 Å². The maximum atomic E-state index is 4.93. The van der Waals surface area contributed by atoms with Crippen molar-refractivity contribution in [3.63, 3.8) is 0 Å². The van der Waals surface area contributed by atoms with Gasteiger partial charge in [0, 0.05) is 41.8 Å². The van der Waals surface area contributed by atoms with Gasteiger partial charge in [-0.3, -0.25) is 0 Å². The topological polar surface area (TPSA) is 45.6 Å². The van der Waals surface area contributed by atoms with Crippen LogP contribution in [0.5, 0.6) is 0 Å². The Morgan fingerprint density at radius 3 is 1.87 bits per heavy atom. The fourth-order valence-electron chi connectivity index (χ4n) is 5.84. The van der Waals surface area contributed by atoms with E-state index in [2.05, 4.69) is 150 Å². The summed E-state index contributed by atoms with van der Waals surface area (Å²) in [5.74, 6) is 0. The minimum atomic E-state index is -0.545. The molecule has 4 nitrogen and oxygen atoms in total. The normalized spacial score (nSPS) is 12.6. The monoisotopic (exact) mass is 510 g/mol. The first-order chi connectivity index (χ1) is 19.2. The molecule has 6 aromatic rings. The van der Waals surface area contributed by atoms with E-state index >= 15 is 0 Å². The fourth-order valence-corrected chi connectivity index (χ4v) is 5.84. The first kappa shape index (κ1) is 24.9. The third-order valence-corrected chi connectivity index (χ3v) is 7.90. The molecule has 0 saturated heterocycles. The van der Waals surface area contributed by atoms with Crippen LogP contribution in [0.4, 0.5) is 0 Å². The Bertz CT molecular complexity index is 1550. The average molecular weight is 511 g/mol. The number of aromatic amines is 1. The molecular formula is C35H34N4. The number of benzene rings is 4. The summed E-state index contributed by atoms with van der Waals surface area (Å²) in [5.41, 5.74) is 7.89. The molecular weight excluding hydrogens is 476 g/mol. The summed E-state index contributed by atoms with van der Waals surface area (Å²) < 4.78 is 2.28. The molecule has 2 N–H and O–H groups in total. The molecule has 0 spiro atoms. The maximum absolute atomic E-state index is 4.93. The Morgan fingerprint density at radius 1 is 0.769 bits per heavy atom. The Labute approximate surface area is 230 Å². The third kappa shape index (κ3) is 4.58. The molecule has 194 valence electrons. The smallest absolute Gasteiger partial charge is 0.121 e. The molecule has 1 unspecified atom stereocenters.